The molecule has 0 amide bonds. The first-order chi connectivity index (χ1) is 14.0. The smallest absolute Gasteiger partial charge is 0.203 e. The van der Waals surface area contributed by atoms with Crippen LogP contribution in [0.25, 0.3) is 11.1 Å². The van der Waals surface area contributed by atoms with Gasteiger partial charge in [0, 0.05) is 11.1 Å². The van der Waals surface area contributed by atoms with E-state index in [-0.39, 0.29) is 5.92 Å². The van der Waals surface area contributed by atoms with Crippen molar-refractivity contribution >= 4 is 0 Å². The molecule has 1 aliphatic rings. The minimum Gasteiger partial charge on any atom is -0.493 e. The summed E-state index contributed by atoms with van der Waals surface area (Å²) in [5.41, 5.74) is 4.11. The number of fused-ring (bicyclic) bond motifs is 3. The molecule has 2 aromatic carbocycles. The van der Waals surface area contributed by atoms with E-state index < -0.39 is 0 Å². The first kappa shape index (κ1) is 21.0. The van der Waals surface area contributed by atoms with E-state index in [0.29, 0.717) is 40.4 Å². The van der Waals surface area contributed by atoms with Gasteiger partial charge in [0.05, 0.1) is 42.7 Å². The van der Waals surface area contributed by atoms with Gasteiger partial charge in [-0.15, -0.1) is 0 Å². The molecule has 2 aromatic rings. The molecule has 2 atom stereocenters. The number of methoxy groups -OCH3 is 6. The average Bonchev–Trinajstić information content (AvgIpc) is 2.85. The van der Waals surface area contributed by atoms with Crippen molar-refractivity contribution in [3.05, 3.63) is 23.3 Å². The zero-order chi connectivity index (χ0) is 21.3. The number of benzene rings is 2. The van der Waals surface area contributed by atoms with Crippen LogP contribution in [0.4, 0.5) is 0 Å². The van der Waals surface area contributed by atoms with Gasteiger partial charge in [0.1, 0.15) is 0 Å². The molecule has 0 saturated heterocycles. The van der Waals surface area contributed by atoms with Crippen molar-refractivity contribution in [2.24, 2.45) is 5.92 Å². The summed E-state index contributed by atoms with van der Waals surface area (Å²) in [6.45, 7) is 4.47. The van der Waals surface area contributed by atoms with Gasteiger partial charge in [0.15, 0.2) is 23.0 Å². The average molecular weight is 402 g/mol. The second-order valence-electron chi connectivity index (χ2n) is 7.26. The summed E-state index contributed by atoms with van der Waals surface area (Å²) in [6.07, 6.45) is 0.857. The standard InChI is InChI=1S/C23H30O6/c1-12-9-14-10-16(24-3)20(26-5)22(28-7)18(14)19-15(13(12)2)11-17(25-4)21(27-6)23(19)29-8/h10-13H,9H2,1-8H3/t12-,13-/m1/s1. The molecule has 3 rings (SSSR count). The molecule has 0 N–H and O–H groups in total. The molecule has 29 heavy (non-hydrogen) atoms. The van der Waals surface area contributed by atoms with Gasteiger partial charge in [-0.2, -0.15) is 0 Å². The molecule has 0 radical (unpaired) electrons. The summed E-state index contributed by atoms with van der Waals surface area (Å²) in [5, 5.41) is 0. The predicted octanol–water partition coefficient (Wildman–Crippen LogP) is 4.70. The number of hydrogen-bond donors (Lipinski definition) is 0. The molecule has 0 aliphatic heterocycles. The highest BCUT2D eigenvalue weighted by molar-refractivity contribution is 5.89. The first-order valence-corrected chi connectivity index (χ1v) is 9.62. The van der Waals surface area contributed by atoms with Crippen molar-refractivity contribution < 1.29 is 28.4 Å². The van der Waals surface area contributed by atoms with E-state index in [1.165, 1.54) is 0 Å². The summed E-state index contributed by atoms with van der Waals surface area (Å²) in [4.78, 5) is 0. The fourth-order valence-electron chi connectivity index (χ4n) is 4.26. The Morgan fingerprint density at radius 1 is 0.621 bits per heavy atom. The van der Waals surface area contributed by atoms with Crippen LogP contribution in [0.1, 0.15) is 30.9 Å². The van der Waals surface area contributed by atoms with E-state index in [1.54, 1.807) is 42.7 Å². The second kappa shape index (κ2) is 8.31. The van der Waals surface area contributed by atoms with Gasteiger partial charge >= 0.3 is 0 Å². The lowest BCUT2D eigenvalue weighted by atomic mass is 9.85. The normalized spacial score (nSPS) is 17.5. The van der Waals surface area contributed by atoms with Crippen LogP contribution in [-0.4, -0.2) is 42.7 Å². The van der Waals surface area contributed by atoms with Gasteiger partial charge in [0.25, 0.3) is 0 Å². The fourth-order valence-corrected chi connectivity index (χ4v) is 4.26. The van der Waals surface area contributed by atoms with Crippen LogP contribution in [0.3, 0.4) is 0 Å². The summed E-state index contributed by atoms with van der Waals surface area (Å²) in [7, 11) is 9.78. The van der Waals surface area contributed by atoms with Crippen LogP contribution in [0.2, 0.25) is 0 Å². The van der Waals surface area contributed by atoms with Gasteiger partial charge in [0.2, 0.25) is 11.5 Å². The highest BCUT2D eigenvalue weighted by Crippen LogP contribution is 2.57. The van der Waals surface area contributed by atoms with E-state index in [4.69, 9.17) is 28.4 Å². The molecule has 158 valence electrons. The van der Waals surface area contributed by atoms with E-state index in [2.05, 4.69) is 13.8 Å². The zero-order valence-corrected chi connectivity index (χ0v) is 18.5. The maximum absolute atomic E-state index is 5.87. The van der Waals surface area contributed by atoms with Crippen LogP contribution in [0.15, 0.2) is 12.1 Å². The van der Waals surface area contributed by atoms with Crippen LogP contribution in [0.5, 0.6) is 34.5 Å². The third-order valence-corrected chi connectivity index (χ3v) is 5.91. The fraction of sp³-hybridized carbons (Fsp3) is 0.478. The van der Waals surface area contributed by atoms with Crippen molar-refractivity contribution in [2.75, 3.05) is 42.7 Å². The van der Waals surface area contributed by atoms with Crippen molar-refractivity contribution in [3.63, 3.8) is 0 Å². The molecule has 0 saturated carbocycles. The first-order valence-electron chi connectivity index (χ1n) is 9.62. The highest BCUT2D eigenvalue weighted by Gasteiger charge is 2.35. The Morgan fingerprint density at radius 2 is 1.10 bits per heavy atom. The summed E-state index contributed by atoms with van der Waals surface area (Å²) in [6, 6.07) is 4.08. The highest BCUT2D eigenvalue weighted by atomic mass is 16.5. The van der Waals surface area contributed by atoms with Crippen LogP contribution < -0.4 is 28.4 Å². The van der Waals surface area contributed by atoms with Crippen LogP contribution in [0, 0.1) is 5.92 Å². The Morgan fingerprint density at radius 3 is 1.59 bits per heavy atom. The van der Waals surface area contributed by atoms with Gasteiger partial charge in [-0.25, -0.2) is 0 Å². The lowest BCUT2D eigenvalue weighted by molar-refractivity contribution is 0.321. The van der Waals surface area contributed by atoms with Gasteiger partial charge in [-0.05, 0) is 41.5 Å². The molecule has 0 spiro atoms. The van der Waals surface area contributed by atoms with E-state index in [0.717, 1.165) is 28.7 Å². The Balaban J connectivity index is 2.53. The van der Waals surface area contributed by atoms with E-state index >= 15 is 0 Å². The minimum absolute atomic E-state index is 0.257. The number of ether oxygens (including phenoxy) is 6. The lowest BCUT2D eigenvalue weighted by Gasteiger charge is -2.24. The molecule has 0 aromatic heterocycles. The molecular formula is C23H30O6. The molecule has 0 bridgehead atoms. The molecule has 1 aliphatic carbocycles. The maximum atomic E-state index is 5.87. The monoisotopic (exact) mass is 402 g/mol. The lowest BCUT2D eigenvalue weighted by Crippen LogP contribution is -2.08. The Bertz CT molecular complexity index is 905. The molecule has 0 heterocycles. The van der Waals surface area contributed by atoms with Gasteiger partial charge in [-0.3, -0.25) is 0 Å². The number of hydrogen-bond acceptors (Lipinski definition) is 6. The van der Waals surface area contributed by atoms with Crippen molar-refractivity contribution in [3.8, 4) is 45.6 Å². The number of rotatable bonds is 6. The quantitative estimate of drug-likeness (QED) is 0.698. The van der Waals surface area contributed by atoms with E-state index in [9.17, 15) is 0 Å². The zero-order valence-electron chi connectivity index (χ0n) is 18.5. The van der Waals surface area contributed by atoms with Gasteiger partial charge < -0.3 is 28.4 Å². The van der Waals surface area contributed by atoms with Crippen molar-refractivity contribution in [2.45, 2.75) is 26.2 Å². The third kappa shape index (κ3) is 3.20. The van der Waals surface area contributed by atoms with Crippen molar-refractivity contribution in [1.29, 1.82) is 0 Å². The molecule has 0 fully saturated rings. The topological polar surface area (TPSA) is 55.4 Å². The Kier molecular flexibility index (Phi) is 6.01. The molecule has 0 unspecified atom stereocenters. The molecular weight excluding hydrogens is 372 g/mol. The van der Waals surface area contributed by atoms with E-state index in [1.807, 2.05) is 12.1 Å². The third-order valence-electron chi connectivity index (χ3n) is 5.91. The van der Waals surface area contributed by atoms with Crippen molar-refractivity contribution in [1.82, 2.24) is 0 Å². The Labute approximate surface area is 172 Å². The molecule has 6 nitrogen and oxygen atoms in total. The largest absolute Gasteiger partial charge is 0.493 e. The minimum atomic E-state index is 0.257. The SMILES string of the molecule is COc1cc2c(c(OC)c1OC)-c1c(cc(OC)c(OC)c1OC)[C@H](C)[C@H](C)C2. The summed E-state index contributed by atoms with van der Waals surface area (Å²) in [5.74, 6) is 4.27. The summed E-state index contributed by atoms with van der Waals surface area (Å²) >= 11 is 0. The predicted molar refractivity (Wildman–Crippen MR) is 112 cm³/mol. The summed E-state index contributed by atoms with van der Waals surface area (Å²) < 4.78 is 34.3. The van der Waals surface area contributed by atoms with Crippen LogP contribution >= 0.6 is 0 Å². The maximum Gasteiger partial charge on any atom is 0.203 e. The van der Waals surface area contributed by atoms with Crippen LogP contribution in [-0.2, 0) is 6.42 Å². The van der Waals surface area contributed by atoms with Gasteiger partial charge in [-0.1, -0.05) is 13.8 Å². The second-order valence-corrected chi connectivity index (χ2v) is 7.26. The Hall–Kier alpha value is -2.76. The molecule has 6 heteroatoms.